The first-order valence-electron chi connectivity index (χ1n) is 7.85. The third kappa shape index (κ3) is 3.79. The Labute approximate surface area is 146 Å². The minimum absolute atomic E-state index is 0.238. The van der Waals surface area contributed by atoms with E-state index in [0.29, 0.717) is 22.4 Å². The largest absolute Gasteiger partial charge is 0.465 e. The van der Waals surface area contributed by atoms with Crippen LogP contribution < -0.4 is 0 Å². The fourth-order valence-corrected chi connectivity index (χ4v) is 2.66. The molecule has 6 nitrogen and oxygen atoms in total. The number of ether oxygens (including phenoxy) is 2. The van der Waals surface area contributed by atoms with Crippen LogP contribution in [0, 0.1) is 20.8 Å². The predicted molar refractivity (Wildman–Crippen MR) is 92.0 cm³/mol. The van der Waals surface area contributed by atoms with Gasteiger partial charge >= 0.3 is 11.9 Å². The molecule has 6 heteroatoms. The minimum atomic E-state index is -0.991. The second-order valence-electron chi connectivity index (χ2n) is 5.90. The van der Waals surface area contributed by atoms with Crippen molar-refractivity contribution in [1.29, 1.82) is 0 Å². The van der Waals surface area contributed by atoms with Gasteiger partial charge in [-0.25, -0.2) is 9.59 Å². The van der Waals surface area contributed by atoms with Gasteiger partial charge in [-0.3, -0.25) is 4.79 Å². The predicted octanol–water partition coefficient (Wildman–Crippen LogP) is 3.15. The van der Waals surface area contributed by atoms with Crippen molar-refractivity contribution in [2.75, 3.05) is 7.11 Å². The van der Waals surface area contributed by atoms with E-state index in [1.54, 1.807) is 32.0 Å². The van der Waals surface area contributed by atoms with E-state index in [0.717, 1.165) is 5.56 Å². The number of benzene rings is 1. The number of carbonyl (C=O) groups excluding carboxylic acids is 3. The van der Waals surface area contributed by atoms with Crippen molar-refractivity contribution in [2.45, 2.75) is 33.8 Å². The van der Waals surface area contributed by atoms with E-state index >= 15 is 0 Å². The van der Waals surface area contributed by atoms with Gasteiger partial charge < -0.3 is 14.5 Å². The van der Waals surface area contributed by atoms with Crippen LogP contribution in [0.4, 0.5) is 0 Å². The summed E-state index contributed by atoms with van der Waals surface area (Å²) in [5, 5.41) is 0. The van der Waals surface area contributed by atoms with Gasteiger partial charge in [0.2, 0.25) is 5.78 Å². The van der Waals surface area contributed by atoms with Gasteiger partial charge in [-0.2, -0.15) is 0 Å². The van der Waals surface area contributed by atoms with Crippen molar-refractivity contribution in [3.8, 4) is 0 Å². The zero-order valence-electron chi connectivity index (χ0n) is 14.9. The number of hydrogen-bond donors (Lipinski definition) is 1. The molecule has 0 radical (unpaired) electrons. The molecule has 132 valence electrons. The maximum Gasteiger partial charge on any atom is 0.339 e. The molecule has 0 saturated heterocycles. The second kappa shape index (κ2) is 7.34. The maximum absolute atomic E-state index is 12.6. The normalized spacial score (nSPS) is 11.7. The average Bonchev–Trinajstić information content (AvgIpc) is 2.87. The summed E-state index contributed by atoms with van der Waals surface area (Å²) < 4.78 is 10.0. The molecule has 0 spiro atoms. The number of ketones is 1. The van der Waals surface area contributed by atoms with Gasteiger partial charge in [0.05, 0.1) is 23.9 Å². The van der Waals surface area contributed by atoms with Gasteiger partial charge in [0, 0.05) is 5.69 Å². The zero-order chi connectivity index (χ0) is 18.7. The topological polar surface area (TPSA) is 85.5 Å². The minimum Gasteiger partial charge on any atom is -0.465 e. The number of nitrogens with one attached hydrogen (secondary N) is 1. The summed E-state index contributed by atoms with van der Waals surface area (Å²) in [6.07, 6.45) is -0.991. The lowest BCUT2D eigenvalue weighted by Gasteiger charge is -2.12. The van der Waals surface area contributed by atoms with Gasteiger partial charge in [0.15, 0.2) is 6.10 Å². The van der Waals surface area contributed by atoms with Crippen molar-refractivity contribution in [3.63, 3.8) is 0 Å². The molecule has 1 N–H and O–H groups in total. The molecule has 2 aromatic rings. The number of aromatic nitrogens is 1. The van der Waals surface area contributed by atoms with Crippen molar-refractivity contribution in [1.82, 2.24) is 4.98 Å². The van der Waals surface area contributed by atoms with Crippen LogP contribution in [0.15, 0.2) is 24.3 Å². The second-order valence-corrected chi connectivity index (χ2v) is 5.90. The highest BCUT2D eigenvalue weighted by Gasteiger charge is 2.27. The van der Waals surface area contributed by atoms with Gasteiger partial charge in [0.1, 0.15) is 0 Å². The smallest absolute Gasteiger partial charge is 0.339 e. The number of carbonyl (C=O) groups is 3. The van der Waals surface area contributed by atoms with Gasteiger partial charge in [0.25, 0.3) is 0 Å². The van der Waals surface area contributed by atoms with Crippen LogP contribution in [0.5, 0.6) is 0 Å². The van der Waals surface area contributed by atoms with Gasteiger partial charge in [-0.15, -0.1) is 0 Å². The molecule has 1 atom stereocenters. The van der Waals surface area contributed by atoms with Crippen molar-refractivity contribution in [2.24, 2.45) is 0 Å². The van der Waals surface area contributed by atoms with Crippen LogP contribution in [0.1, 0.15) is 54.9 Å². The zero-order valence-corrected chi connectivity index (χ0v) is 14.9. The number of Topliss-reactive ketones (excluding diaryl/α,β-unsaturated/α-hetero) is 1. The highest BCUT2D eigenvalue weighted by Crippen LogP contribution is 2.21. The molecule has 0 aliphatic rings. The first-order chi connectivity index (χ1) is 11.8. The molecule has 0 bridgehead atoms. The Bertz CT molecular complexity index is 834. The van der Waals surface area contributed by atoms with Crippen LogP contribution in [0.2, 0.25) is 0 Å². The Morgan fingerprint density at radius 1 is 1.08 bits per heavy atom. The molecule has 0 aliphatic carbocycles. The number of hydrogen-bond acceptors (Lipinski definition) is 5. The summed E-state index contributed by atoms with van der Waals surface area (Å²) in [4.78, 5) is 39.5. The number of aryl methyl sites for hydroxylation is 2. The molecule has 2 rings (SSSR count). The molecule has 0 fully saturated rings. The average molecular weight is 343 g/mol. The van der Waals surface area contributed by atoms with Gasteiger partial charge in [-0.05, 0) is 45.4 Å². The van der Waals surface area contributed by atoms with E-state index in [1.807, 2.05) is 13.0 Å². The SMILES string of the molecule is COC(=O)c1c(C)[nH]c(C(=O)[C@H](C)OC(=O)c2cccc(C)c2)c1C. The summed E-state index contributed by atoms with van der Waals surface area (Å²) in [7, 11) is 1.28. The summed E-state index contributed by atoms with van der Waals surface area (Å²) in [5.41, 5.74) is 2.88. The Hall–Kier alpha value is -2.89. The lowest BCUT2D eigenvalue weighted by Crippen LogP contribution is -2.25. The fraction of sp³-hybridized carbons (Fsp3) is 0.316. The Balaban J connectivity index is 2.20. The number of H-pyrrole nitrogens is 1. The van der Waals surface area contributed by atoms with E-state index in [1.165, 1.54) is 14.0 Å². The standard InChI is InChI=1S/C19H21NO5/c1-10-7-6-8-14(9-10)18(22)25-13(4)17(21)16-11(2)15(12(3)20-16)19(23)24-5/h6-9,13,20H,1-5H3/t13-/m0/s1. The van der Waals surface area contributed by atoms with Gasteiger partial charge in [-0.1, -0.05) is 17.7 Å². The van der Waals surface area contributed by atoms with Crippen LogP contribution in [0.3, 0.4) is 0 Å². The van der Waals surface area contributed by atoms with Crippen LogP contribution >= 0.6 is 0 Å². The van der Waals surface area contributed by atoms with Crippen molar-refractivity contribution in [3.05, 3.63) is 57.9 Å². The maximum atomic E-state index is 12.6. The Morgan fingerprint density at radius 3 is 2.36 bits per heavy atom. The molecular weight excluding hydrogens is 322 g/mol. The number of aromatic amines is 1. The molecule has 1 heterocycles. The van der Waals surface area contributed by atoms with E-state index in [-0.39, 0.29) is 5.69 Å². The Kier molecular flexibility index (Phi) is 5.41. The summed E-state index contributed by atoms with van der Waals surface area (Å²) in [6.45, 7) is 6.70. The molecule has 0 aliphatic heterocycles. The first-order valence-corrected chi connectivity index (χ1v) is 7.85. The third-order valence-corrected chi connectivity index (χ3v) is 3.98. The van der Waals surface area contributed by atoms with Crippen molar-refractivity contribution >= 4 is 17.7 Å². The first kappa shape index (κ1) is 18.4. The van der Waals surface area contributed by atoms with E-state index in [2.05, 4.69) is 4.98 Å². The van der Waals surface area contributed by atoms with E-state index in [9.17, 15) is 14.4 Å². The molecule has 1 aromatic carbocycles. The lowest BCUT2D eigenvalue weighted by molar-refractivity contribution is 0.0316. The summed E-state index contributed by atoms with van der Waals surface area (Å²) in [5.74, 6) is -1.50. The molecule has 1 aromatic heterocycles. The number of rotatable bonds is 5. The van der Waals surface area contributed by atoms with Crippen molar-refractivity contribution < 1.29 is 23.9 Å². The molecule has 0 unspecified atom stereocenters. The summed E-state index contributed by atoms with van der Waals surface area (Å²) in [6, 6.07) is 6.94. The quantitative estimate of drug-likeness (QED) is 0.666. The van der Waals surface area contributed by atoms with Crippen LogP contribution in [-0.4, -0.2) is 35.9 Å². The molecule has 0 amide bonds. The lowest BCUT2D eigenvalue weighted by atomic mass is 10.1. The fourth-order valence-electron chi connectivity index (χ4n) is 2.66. The highest BCUT2D eigenvalue weighted by atomic mass is 16.5. The Morgan fingerprint density at radius 2 is 1.76 bits per heavy atom. The molecule has 25 heavy (non-hydrogen) atoms. The molecule has 0 saturated carbocycles. The molecular formula is C19H21NO5. The third-order valence-electron chi connectivity index (χ3n) is 3.98. The van der Waals surface area contributed by atoms with Crippen LogP contribution in [0.25, 0.3) is 0 Å². The van der Waals surface area contributed by atoms with E-state index < -0.39 is 23.8 Å². The van der Waals surface area contributed by atoms with E-state index in [4.69, 9.17) is 9.47 Å². The number of methoxy groups -OCH3 is 1. The highest BCUT2D eigenvalue weighted by molar-refractivity contribution is 6.04. The summed E-state index contributed by atoms with van der Waals surface area (Å²) >= 11 is 0. The monoisotopic (exact) mass is 343 g/mol. The van der Waals surface area contributed by atoms with Crippen LogP contribution in [-0.2, 0) is 9.47 Å². The number of esters is 2.